The van der Waals surface area contributed by atoms with Crippen molar-refractivity contribution in [3.05, 3.63) is 18.2 Å². The number of hydrogen-bond acceptors (Lipinski definition) is 4. The minimum atomic E-state index is -3.73. The molecule has 0 aliphatic heterocycles. The Morgan fingerprint density at radius 1 is 1.60 bits per heavy atom. The molecule has 1 aromatic rings. The highest BCUT2D eigenvalue weighted by Gasteiger charge is 2.14. The molecule has 8 heteroatoms. The Kier molecular flexibility index (Phi) is 3.81. The first-order valence-electron chi connectivity index (χ1n) is 4.17. The molecule has 7 nitrogen and oxygen atoms in total. The molecule has 1 rings (SSSR count). The number of aromatic amines is 1. The number of carboxylic acid groups (broad SMARTS) is 1. The number of nitrogens with one attached hydrogen (secondary N) is 2. The lowest BCUT2D eigenvalue weighted by Gasteiger charge is -2.02. The van der Waals surface area contributed by atoms with Gasteiger partial charge in [0.25, 0.3) is 0 Å². The smallest absolute Gasteiger partial charge is 0.320 e. The molecule has 1 heterocycles. The minimum absolute atomic E-state index is 0.128. The molecule has 84 valence electrons. The van der Waals surface area contributed by atoms with Gasteiger partial charge in [0, 0.05) is 25.4 Å². The lowest BCUT2D eigenvalue weighted by molar-refractivity contribution is -0.134. The highest BCUT2D eigenvalue weighted by Crippen LogP contribution is 1.90. The van der Waals surface area contributed by atoms with Crippen molar-refractivity contribution in [1.29, 1.82) is 0 Å². The monoisotopic (exact) mass is 233 g/mol. The number of aliphatic carboxylic acids is 1. The molecule has 0 saturated carbocycles. The molecule has 1 aromatic heterocycles. The van der Waals surface area contributed by atoms with Gasteiger partial charge in [-0.15, -0.1) is 0 Å². The summed E-state index contributed by atoms with van der Waals surface area (Å²) in [7, 11) is -3.73. The molecular weight excluding hydrogens is 222 g/mol. The Balaban J connectivity index is 2.34. The summed E-state index contributed by atoms with van der Waals surface area (Å²) in [6, 6.07) is 0. The quantitative estimate of drug-likeness (QED) is 0.580. The first-order valence-corrected chi connectivity index (χ1v) is 5.82. The van der Waals surface area contributed by atoms with Crippen LogP contribution in [0.3, 0.4) is 0 Å². The maximum atomic E-state index is 11.0. The second-order valence-corrected chi connectivity index (χ2v) is 4.64. The number of aromatic nitrogens is 2. The molecule has 0 bridgehead atoms. The molecule has 0 fully saturated rings. The summed E-state index contributed by atoms with van der Waals surface area (Å²) in [5, 5.41) is 8.29. The molecule has 0 aliphatic carbocycles. The largest absolute Gasteiger partial charge is 0.480 e. The molecule has 0 atom stereocenters. The normalized spacial score (nSPS) is 11.5. The van der Waals surface area contributed by atoms with E-state index in [4.69, 9.17) is 5.11 Å². The number of H-pyrrole nitrogens is 1. The molecule has 0 unspecified atom stereocenters. The van der Waals surface area contributed by atoms with Crippen LogP contribution in [0.1, 0.15) is 5.82 Å². The van der Waals surface area contributed by atoms with E-state index >= 15 is 0 Å². The molecule has 0 aromatic carbocycles. The van der Waals surface area contributed by atoms with Gasteiger partial charge in [-0.05, 0) is 0 Å². The maximum absolute atomic E-state index is 11.0. The lowest BCUT2D eigenvalue weighted by atomic mass is 10.4. The Labute approximate surface area is 86.6 Å². The third kappa shape index (κ3) is 4.56. The highest BCUT2D eigenvalue weighted by molar-refractivity contribution is 7.90. The molecule has 0 saturated heterocycles. The molecular formula is C7H11N3O4S. The highest BCUT2D eigenvalue weighted by atomic mass is 32.2. The van der Waals surface area contributed by atoms with E-state index in [9.17, 15) is 13.2 Å². The van der Waals surface area contributed by atoms with Gasteiger partial charge < -0.3 is 10.1 Å². The molecule has 0 radical (unpaired) electrons. The third-order valence-electron chi connectivity index (χ3n) is 1.55. The number of sulfonamides is 1. The Morgan fingerprint density at radius 2 is 2.33 bits per heavy atom. The summed E-state index contributed by atoms with van der Waals surface area (Å²) >= 11 is 0. The van der Waals surface area contributed by atoms with E-state index in [1.54, 1.807) is 12.4 Å². The Bertz CT molecular complexity index is 411. The summed E-state index contributed by atoms with van der Waals surface area (Å²) in [6.45, 7) is 0.128. The van der Waals surface area contributed by atoms with E-state index < -0.39 is 21.7 Å². The first kappa shape index (κ1) is 11.7. The van der Waals surface area contributed by atoms with Gasteiger partial charge in [-0.1, -0.05) is 0 Å². The second kappa shape index (κ2) is 4.89. The second-order valence-electron chi connectivity index (χ2n) is 2.83. The topological polar surface area (TPSA) is 112 Å². The van der Waals surface area contributed by atoms with Crippen molar-refractivity contribution in [2.45, 2.75) is 6.42 Å². The van der Waals surface area contributed by atoms with Gasteiger partial charge in [0.1, 0.15) is 5.82 Å². The number of imidazole rings is 1. The Hall–Kier alpha value is -1.41. The number of hydrogen-bond donors (Lipinski definition) is 3. The zero-order chi connectivity index (χ0) is 11.3. The van der Waals surface area contributed by atoms with Crippen LogP contribution in [0, 0.1) is 0 Å². The van der Waals surface area contributed by atoms with Crippen LogP contribution in [0.2, 0.25) is 0 Å². The molecule has 0 spiro atoms. The molecule has 0 aliphatic rings. The van der Waals surface area contributed by atoms with Crippen molar-refractivity contribution in [2.24, 2.45) is 0 Å². The van der Waals surface area contributed by atoms with Crippen molar-refractivity contribution in [2.75, 3.05) is 12.3 Å². The van der Waals surface area contributed by atoms with Crippen molar-refractivity contribution < 1.29 is 18.3 Å². The van der Waals surface area contributed by atoms with Crippen LogP contribution in [0.15, 0.2) is 12.4 Å². The van der Waals surface area contributed by atoms with E-state index in [-0.39, 0.29) is 6.54 Å². The van der Waals surface area contributed by atoms with Crippen LogP contribution in [-0.2, 0) is 21.2 Å². The van der Waals surface area contributed by atoms with Gasteiger partial charge in [0.2, 0.25) is 10.0 Å². The summed E-state index contributed by atoms with van der Waals surface area (Å²) in [5.74, 6) is -1.64. The summed E-state index contributed by atoms with van der Waals surface area (Å²) in [4.78, 5) is 16.9. The van der Waals surface area contributed by atoms with Crippen LogP contribution < -0.4 is 4.72 Å². The van der Waals surface area contributed by atoms with Crippen LogP contribution >= 0.6 is 0 Å². The molecule has 3 N–H and O–H groups in total. The lowest BCUT2D eigenvalue weighted by Crippen LogP contribution is -2.31. The van der Waals surface area contributed by atoms with E-state index in [2.05, 4.69) is 14.7 Å². The summed E-state index contributed by atoms with van der Waals surface area (Å²) < 4.78 is 24.3. The van der Waals surface area contributed by atoms with Crippen LogP contribution in [0.5, 0.6) is 0 Å². The zero-order valence-corrected chi connectivity index (χ0v) is 8.62. The molecule has 0 amide bonds. The summed E-state index contributed by atoms with van der Waals surface area (Å²) in [5.41, 5.74) is 0. The number of carbonyl (C=O) groups is 1. The van der Waals surface area contributed by atoms with Gasteiger partial charge in [0.15, 0.2) is 5.75 Å². The maximum Gasteiger partial charge on any atom is 0.320 e. The van der Waals surface area contributed by atoms with Crippen molar-refractivity contribution in [1.82, 2.24) is 14.7 Å². The first-order chi connectivity index (χ1) is 6.99. The average molecular weight is 233 g/mol. The average Bonchev–Trinajstić information content (AvgIpc) is 2.53. The van der Waals surface area contributed by atoms with Crippen LogP contribution in [-0.4, -0.2) is 41.8 Å². The van der Waals surface area contributed by atoms with Crippen LogP contribution in [0.4, 0.5) is 0 Å². The number of carboxylic acids is 1. The van der Waals surface area contributed by atoms with E-state index in [1.807, 2.05) is 0 Å². The SMILES string of the molecule is O=C(O)CS(=O)(=O)NCCc1ncc[nH]1. The van der Waals surface area contributed by atoms with Crippen molar-refractivity contribution in [3.8, 4) is 0 Å². The number of nitrogens with zero attached hydrogens (tertiary/aromatic N) is 1. The summed E-state index contributed by atoms with van der Waals surface area (Å²) in [6.07, 6.45) is 3.58. The van der Waals surface area contributed by atoms with Gasteiger partial charge in [-0.3, -0.25) is 4.79 Å². The predicted octanol–water partition coefficient (Wildman–Crippen LogP) is -1.04. The zero-order valence-electron chi connectivity index (χ0n) is 7.80. The number of rotatable bonds is 6. The minimum Gasteiger partial charge on any atom is -0.480 e. The van der Waals surface area contributed by atoms with Gasteiger partial charge in [-0.25, -0.2) is 18.1 Å². The molecule has 15 heavy (non-hydrogen) atoms. The van der Waals surface area contributed by atoms with Gasteiger partial charge in [-0.2, -0.15) is 0 Å². The van der Waals surface area contributed by atoms with E-state index in [0.29, 0.717) is 12.2 Å². The van der Waals surface area contributed by atoms with Crippen LogP contribution in [0.25, 0.3) is 0 Å². The van der Waals surface area contributed by atoms with Gasteiger partial charge >= 0.3 is 5.97 Å². The standard InChI is InChI=1S/C7H11N3O4S/c11-7(12)5-15(13,14)10-2-1-6-8-3-4-9-6/h3-4,10H,1-2,5H2,(H,8,9)(H,11,12). The van der Waals surface area contributed by atoms with E-state index in [1.165, 1.54) is 0 Å². The predicted molar refractivity (Wildman–Crippen MR) is 51.7 cm³/mol. The third-order valence-corrected chi connectivity index (χ3v) is 2.82. The fraction of sp³-hybridized carbons (Fsp3) is 0.429. The van der Waals surface area contributed by atoms with Gasteiger partial charge in [0.05, 0.1) is 0 Å². The fourth-order valence-electron chi connectivity index (χ4n) is 0.973. The Morgan fingerprint density at radius 3 is 2.87 bits per heavy atom. The van der Waals surface area contributed by atoms with Crippen molar-refractivity contribution in [3.63, 3.8) is 0 Å². The van der Waals surface area contributed by atoms with Crippen molar-refractivity contribution >= 4 is 16.0 Å². The fourth-order valence-corrected chi connectivity index (χ4v) is 1.81. The van der Waals surface area contributed by atoms with E-state index in [0.717, 1.165) is 0 Å².